The minimum absolute atomic E-state index is 0.0643. The molecule has 1 atom stereocenters. The number of hydrogen-bond acceptors (Lipinski definition) is 5. The standard InChI is InChI=1S/C35H34F3N7O3/c36-35(37,38)26-11-4-9-23(17-26)20-43-33(47)25-14-15-29-28(19-25)44-32(45(29)30(31(39)46)13-6-16-42-34(40)41)24-10-5-12-27(18-24)48-21-22-7-2-1-3-8-22/h1-5,7-12,14-15,17-19,30H,6,13,16,20-21H2,(H2,39,46)(H,43,47)(H4,40,41,42)/t30-/m1/s1. The number of rotatable bonds is 13. The van der Waals surface area contributed by atoms with Crippen molar-refractivity contribution in [2.45, 2.75) is 38.2 Å². The molecule has 0 saturated heterocycles. The highest BCUT2D eigenvalue weighted by Crippen LogP contribution is 2.33. The largest absolute Gasteiger partial charge is 0.489 e. The maximum atomic E-state index is 13.1. The number of ether oxygens (including phenoxy) is 1. The number of halogens is 3. The fourth-order valence-corrected chi connectivity index (χ4v) is 5.26. The van der Waals surface area contributed by atoms with Crippen LogP contribution in [-0.2, 0) is 24.1 Å². The quantitative estimate of drug-likeness (QED) is 0.0762. The van der Waals surface area contributed by atoms with E-state index in [4.69, 9.17) is 26.9 Å². The van der Waals surface area contributed by atoms with Crippen LogP contribution >= 0.6 is 0 Å². The van der Waals surface area contributed by atoms with E-state index in [1.165, 1.54) is 12.1 Å². The van der Waals surface area contributed by atoms with Gasteiger partial charge in [0.05, 0.1) is 16.6 Å². The first-order valence-corrected chi connectivity index (χ1v) is 15.1. The number of carbonyl (C=O) groups excluding carboxylic acids is 2. The number of aliphatic imine (C=N–C) groups is 1. The van der Waals surface area contributed by atoms with Crippen LogP contribution in [0.2, 0.25) is 0 Å². The third-order valence-electron chi connectivity index (χ3n) is 7.57. The molecule has 13 heteroatoms. The molecule has 0 fully saturated rings. The minimum Gasteiger partial charge on any atom is -0.489 e. The second-order valence-electron chi connectivity index (χ2n) is 11.1. The monoisotopic (exact) mass is 657 g/mol. The van der Waals surface area contributed by atoms with Crippen molar-refractivity contribution in [3.8, 4) is 17.1 Å². The van der Waals surface area contributed by atoms with Crippen LogP contribution in [-0.4, -0.2) is 33.9 Å². The number of fused-ring (bicyclic) bond motifs is 1. The van der Waals surface area contributed by atoms with Crippen molar-refractivity contribution in [3.05, 3.63) is 119 Å². The lowest BCUT2D eigenvalue weighted by atomic mass is 10.1. The summed E-state index contributed by atoms with van der Waals surface area (Å²) in [6.45, 7) is 0.511. The average Bonchev–Trinajstić information content (AvgIpc) is 3.45. The first-order chi connectivity index (χ1) is 23.0. The zero-order valence-corrected chi connectivity index (χ0v) is 25.8. The van der Waals surface area contributed by atoms with Crippen molar-refractivity contribution in [3.63, 3.8) is 0 Å². The van der Waals surface area contributed by atoms with Crippen molar-refractivity contribution in [1.82, 2.24) is 14.9 Å². The van der Waals surface area contributed by atoms with Gasteiger partial charge in [0, 0.05) is 24.2 Å². The van der Waals surface area contributed by atoms with E-state index in [2.05, 4.69) is 10.3 Å². The molecular formula is C35H34F3N7O3. The summed E-state index contributed by atoms with van der Waals surface area (Å²) >= 11 is 0. The summed E-state index contributed by atoms with van der Waals surface area (Å²) in [7, 11) is 0. The number of nitrogens with zero attached hydrogens (tertiary/aromatic N) is 3. The van der Waals surface area contributed by atoms with E-state index >= 15 is 0 Å². The minimum atomic E-state index is -4.50. The Morgan fingerprint density at radius 2 is 1.65 bits per heavy atom. The van der Waals surface area contributed by atoms with Crippen LogP contribution in [0, 0.1) is 0 Å². The molecular weight excluding hydrogens is 623 g/mol. The molecule has 0 aliphatic carbocycles. The summed E-state index contributed by atoms with van der Waals surface area (Å²) in [5.74, 6) is -0.175. The Bertz CT molecular complexity index is 1940. The third kappa shape index (κ3) is 8.29. The molecule has 4 aromatic carbocycles. The number of guanidine groups is 1. The topological polar surface area (TPSA) is 164 Å². The van der Waals surface area contributed by atoms with Gasteiger partial charge in [0.15, 0.2) is 5.96 Å². The van der Waals surface area contributed by atoms with Gasteiger partial charge in [0.2, 0.25) is 5.91 Å². The summed E-state index contributed by atoms with van der Waals surface area (Å²) in [5, 5.41) is 2.67. The molecule has 10 nitrogen and oxygen atoms in total. The van der Waals surface area contributed by atoms with E-state index in [1.54, 1.807) is 28.8 Å². The number of aromatic nitrogens is 2. The number of nitrogens with two attached hydrogens (primary N) is 3. The van der Waals surface area contributed by atoms with Gasteiger partial charge in [-0.05, 0) is 66.4 Å². The third-order valence-corrected chi connectivity index (χ3v) is 7.57. The van der Waals surface area contributed by atoms with E-state index in [1.807, 2.05) is 48.5 Å². The molecule has 7 N–H and O–H groups in total. The van der Waals surface area contributed by atoms with Crippen molar-refractivity contribution in [2.75, 3.05) is 6.54 Å². The van der Waals surface area contributed by atoms with Crippen LogP contribution in [0.25, 0.3) is 22.4 Å². The predicted molar refractivity (Wildman–Crippen MR) is 177 cm³/mol. The number of imidazole rings is 1. The van der Waals surface area contributed by atoms with Crippen LogP contribution in [0.4, 0.5) is 13.2 Å². The Hall–Kier alpha value is -5.85. The van der Waals surface area contributed by atoms with Gasteiger partial charge in [-0.15, -0.1) is 0 Å². The normalized spacial score (nSPS) is 12.0. The SMILES string of the molecule is NC(=O)[C@@H](CCCN=C(N)N)n1c(-c2cccc(OCc3ccccc3)c2)nc2cc(C(=O)NCc3cccc(C(F)(F)F)c3)ccc21. The molecule has 248 valence electrons. The zero-order valence-electron chi connectivity index (χ0n) is 25.8. The first-order valence-electron chi connectivity index (χ1n) is 15.1. The summed E-state index contributed by atoms with van der Waals surface area (Å²) in [4.78, 5) is 34.8. The lowest BCUT2D eigenvalue weighted by molar-refractivity contribution is -0.137. The lowest BCUT2D eigenvalue weighted by Crippen LogP contribution is -2.27. The Morgan fingerprint density at radius 3 is 2.38 bits per heavy atom. The van der Waals surface area contributed by atoms with Crippen LogP contribution in [0.5, 0.6) is 5.75 Å². The zero-order chi connectivity index (χ0) is 34.3. The Kier molecular flexibility index (Phi) is 10.3. The number of nitrogens with one attached hydrogen (secondary N) is 1. The van der Waals surface area contributed by atoms with Crippen molar-refractivity contribution < 1.29 is 27.5 Å². The van der Waals surface area contributed by atoms with E-state index in [-0.39, 0.29) is 24.6 Å². The van der Waals surface area contributed by atoms with Gasteiger partial charge in [-0.3, -0.25) is 14.6 Å². The van der Waals surface area contributed by atoms with Gasteiger partial charge >= 0.3 is 6.18 Å². The summed E-state index contributed by atoms with van der Waals surface area (Å²) < 4.78 is 47.2. The highest BCUT2D eigenvalue weighted by Gasteiger charge is 2.30. The molecule has 0 saturated carbocycles. The molecule has 1 aromatic heterocycles. The summed E-state index contributed by atoms with van der Waals surface area (Å²) in [5.41, 5.74) is 19.2. The fourth-order valence-electron chi connectivity index (χ4n) is 5.26. The molecule has 48 heavy (non-hydrogen) atoms. The molecule has 2 amide bonds. The molecule has 5 rings (SSSR count). The number of alkyl halides is 3. The Balaban J connectivity index is 1.47. The number of benzene rings is 4. The van der Waals surface area contributed by atoms with E-state index in [0.29, 0.717) is 53.2 Å². The second-order valence-corrected chi connectivity index (χ2v) is 11.1. The smallest absolute Gasteiger partial charge is 0.416 e. The van der Waals surface area contributed by atoms with Crippen molar-refractivity contribution in [1.29, 1.82) is 0 Å². The fraction of sp³-hybridized carbons (Fsp3) is 0.200. The van der Waals surface area contributed by atoms with Crippen LogP contribution in [0.15, 0.2) is 102 Å². The first kappa shape index (κ1) is 33.5. The average molecular weight is 658 g/mol. The van der Waals surface area contributed by atoms with Gasteiger partial charge < -0.3 is 31.8 Å². The Labute approximate surface area is 274 Å². The molecule has 0 bridgehead atoms. The molecule has 0 aliphatic rings. The number of carbonyl (C=O) groups is 2. The maximum absolute atomic E-state index is 13.1. The van der Waals surface area contributed by atoms with Gasteiger partial charge in [-0.2, -0.15) is 13.2 Å². The maximum Gasteiger partial charge on any atom is 0.416 e. The lowest BCUT2D eigenvalue weighted by Gasteiger charge is -2.19. The van der Waals surface area contributed by atoms with E-state index < -0.39 is 29.6 Å². The van der Waals surface area contributed by atoms with Gasteiger partial charge in [0.1, 0.15) is 24.2 Å². The number of hydrogen-bond donors (Lipinski definition) is 4. The molecule has 1 heterocycles. The molecule has 5 aromatic rings. The highest BCUT2D eigenvalue weighted by molar-refractivity contribution is 5.98. The van der Waals surface area contributed by atoms with E-state index in [0.717, 1.165) is 17.7 Å². The van der Waals surface area contributed by atoms with Gasteiger partial charge in [0.25, 0.3) is 5.91 Å². The molecule has 0 unspecified atom stereocenters. The van der Waals surface area contributed by atoms with Crippen LogP contribution < -0.4 is 27.3 Å². The van der Waals surface area contributed by atoms with Crippen molar-refractivity contribution in [2.24, 2.45) is 22.2 Å². The van der Waals surface area contributed by atoms with Gasteiger partial charge in [-0.25, -0.2) is 4.98 Å². The van der Waals surface area contributed by atoms with Crippen LogP contribution in [0.1, 0.15) is 45.9 Å². The summed E-state index contributed by atoms with van der Waals surface area (Å²) in [6.07, 6.45) is -3.75. The van der Waals surface area contributed by atoms with E-state index in [9.17, 15) is 22.8 Å². The molecule has 0 spiro atoms. The summed E-state index contributed by atoms with van der Waals surface area (Å²) in [6, 6.07) is 25.6. The molecule has 0 radical (unpaired) electrons. The Morgan fingerprint density at radius 1 is 0.896 bits per heavy atom. The predicted octanol–water partition coefficient (Wildman–Crippen LogP) is 5.31. The van der Waals surface area contributed by atoms with Crippen molar-refractivity contribution >= 4 is 28.8 Å². The van der Waals surface area contributed by atoms with Gasteiger partial charge in [-0.1, -0.05) is 54.6 Å². The molecule has 0 aliphatic heterocycles. The number of primary amides is 1. The second kappa shape index (κ2) is 14.7. The highest BCUT2D eigenvalue weighted by atomic mass is 19.4. The number of amides is 2. The van der Waals surface area contributed by atoms with Crippen LogP contribution in [0.3, 0.4) is 0 Å².